The van der Waals surface area contributed by atoms with Crippen molar-refractivity contribution in [3.63, 3.8) is 0 Å². The Morgan fingerprint density at radius 2 is 2.50 bits per heavy atom. The first-order valence-corrected chi connectivity index (χ1v) is 3.50. The van der Waals surface area contributed by atoms with Gasteiger partial charge in [0.1, 0.15) is 6.54 Å². The van der Waals surface area contributed by atoms with E-state index in [-0.39, 0.29) is 13.2 Å². The highest BCUT2D eigenvalue weighted by molar-refractivity contribution is 5.73. The fourth-order valence-electron chi connectivity index (χ4n) is 0.805. The monoisotopic (exact) mass is 170 g/mol. The number of nitrogens with two attached hydrogens (primary N) is 1. The summed E-state index contributed by atoms with van der Waals surface area (Å²) in [5.74, 6) is -0.463. The number of nitrogens with zero attached hydrogens (tertiary/aromatic N) is 3. The highest BCUT2D eigenvalue weighted by Crippen LogP contribution is 1.92. The number of aliphatic hydroxyl groups is 1. The molecule has 0 saturated carbocycles. The van der Waals surface area contributed by atoms with Crippen LogP contribution >= 0.6 is 0 Å². The molecule has 1 aromatic rings. The molecule has 0 unspecified atom stereocenters. The second-order valence-corrected chi connectivity index (χ2v) is 2.35. The summed E-state index contributed by atoms with van der Waals surface area (Å²) in [7, 11) is 0. The summed E-state index contributed by atoms with van der Waals surface area (Å²) in [6.07, 6.45) is 2.03. The van der Waals surface area contributed by atoms with Crippen LogP contribution in [0, 0.1) is 0 Å². The number of primary amides is 1. The lowest BCUT2D eigenvalue weighted by molar-refractivity contribution is -0.118. The van der Waals surface area contributed by atoms with Crippen molar-refractivity contribution >= 4 is 5.91 Å². The molecule has 66 valence electrons. The lowest BCUT2D eigenvalue weighted by atomic mass is 10.3. The number of hydrogen-bond donors (Lipinski definition) is 2. The Kier molecular flexibility index (Phi) is 2.76. The van der Waals surface area contributed by atoms with E-state index in [0.29, 0.717) is 12.1 Å². The van der Waals surface area contributed by atoms with Crippen molar-refractivity contribution in [2.45, 2.75) is 13.0 Å². The SMILES string of the molecule is NC(=O)Cn1cc(CCO)nn1. The first-order chi connectivity index (χ1) is 5.72. The lowest BCUT2D eigenvalue weighted by Crippen LogP contribution is -2.18. The zero-order chi connectivity index (χ0) is 8.97. The van der Waals surface area contributed by atoms with Crippen LogP contribution in [0.15, 0.2) is 6.20 Å². The van der Waals surface area contributed by atoms with Gasteiger partial charge in [0.05, 0.1) is 5.69 Å². The molecule has 0 saturated heterocycles. The molecule has 0 aromatic carbocycles. The van der Waals surface area contributed by atoms with Gasteiger partial charge in [-0.1, -0.05) is 5.21 Å². The van der Waals surface area contributed by atoms with Crippen LogP contribution in [0.25, 0.3) is 0 Å². The Bertz CT molecular complexity index is 270. The number of carbonyl (C=O) groups is 1. The third-order valence-electron chi connectivity index (χ3n) is 1.27. The molecule has 0 fully saturated rings. The van der Waals surface area contributed by atoms with E-state index < -0.39 is 5.91 Å². The van der Waals surface area contributed by atoms with Crippen molar-refractivity contribution < 1.29 is 9.90 Å². The van der Waals surface area contributed by atoms with Gasteiger partial charge in [-0.2, -0.15) is 0 Å². The first-order valence-electron chi connectivity index (χ1n) is 3.50. The average molecular weight is 170 g/mol. The summed E-state index contributed by atoms with van der Waals surface area (Å²) in [4.78, 5) is 10.4. The highest BCUT2D eigenvalue weighted by Gasteiger charge is 2.01. The Hall–Kier alpha value is -1.43. The molecule has 0 aliphatic rings. The number of carbonyl (C=O) groups excluding carboxylic acids is 1. The molecule has 3 N–H and O–H groups in total. The summed E-state index contributed by atoms with van der Waals surface area (Å²) >= 11 is 0. The summed E-state index contributed by atoms with van der Waals surface area (Å²) in [5, 5.41) is 15.9. The van der Waals surface area contributed by atoms with Crippen molar-refractivity contribution in [1.29, 1.82) is 0 Å². The van der Waals surface area contributed by atoms with Crippen molar-refractivity contribution in [2.24, 2.45) is 5.73 Å². The molecule has 0 radical (unpaired) electrons. The van der Waals surface area contributed by atoms with Gasteiger partial charge in [-0.3, -0.25) is 4.79 Å². The maximum absolute atomic E-state index is 10.4. The van der Waals surface area contributed by atoms with Crippen molar-refractivity contribution in [1.82, 2.24) is 15.0 Å². The third kappa shape index (κ3) is 2.31. The van der Waals surface area contributed by atoms with E-state index in [4.69, 9.17) is 10.8 Å². The molecule has 0 atom stereocenters. The molecular weight excluding hydrogens is 160 g/mol. The highest BCUT2D eigenvalue weighted by atomic mass is 16.3. The Labute approximate surface area is 69.0 Å². The molecule has 1 rings (SSSR count). The number of hydrogen-bond acceptors (Lipinski definition) is 4. The summed E-state index contributed by atoms with van der Waals surface area (Å²) in [6, 6.07) is 0. The lowest BCUT2D eigenvalue weighted by Gasteiger charge is -1.91. The van der Waals surface area contributed by atoms with Gasteiger partial charge in [0.15, 0.2) is 0 Å². The van der Waals surface area contributed by atoms with E-state index in [1.54, 1.807) is 6.20 Å². The van der Waals surface area contributed by atoms with Gasteiger partial charge in [0.25, 0.3) is 0 Å². The van der Waals surface area contributed by atoms with Crippen LogP contribution in [0.2, 0.25) is 0 Å². The number of aromatic nitrogens is 3. The fourth-order valence-corrected chi connectivity index (χ4v) is 0.805. The summed E-state index contributed by atoms with van der Waals surface area (Å²) < 4.78 is 1.34. The van der Waals surface area contributed by atoms with E-state index in [9.17, 15) is 4.79 Å². The van der Waals surface area contributed by atoms with Gasteiger partial charge < -0.3 is 10.8 Å². The van der Waals surface area contributed by atoms with Gasteiger partial charge in [-0.15, -0.1) is 5.10 Å². The first kappa shape index (κ1) is 8.66. The molecule has 1 amide bonds. The summed E-state index contributed by atoms with van der Waals surface area (Å²) in [5.41, 5.74) is 5.58. The van der Waals surface area contributed by atoms with Crippen molar-refractivity contribution in [3.8, 4) is 0 Å². The maximum atomic E-state index is 10.4. The quantitative estimate of drug-likeness (QED) is 0.563. The predicted molar refractivity (Wildman–Crippen MR) is 40.0 cm³/mol. The van der Waals surface area contributed by atoms with Crippen LogP contribution < -0.4 is 5.73 Å². The second-order valence-electron chi connectivity index (χ2n) is 2.35. The summed E-state index contributed by atoms with van der Waals surface area (Å²) in [6.45, 7) is 0.0493. The second kappa shape index (κ2) is 3.82. The molecule has 1 aromatic heterocycles. The molecule has 0 aliphatic heterocycles. The molecule has 6 nitrogen and oxygen atoms in total. The molecule has 1 heterocycles. The van der Waals surface area contributed by atoms with Gasteiger partial charge in [0, 0.05) is 19.2 Å². The average Bonchev–Trinajstić information content (AvgIpc) is 2.36. The zero-order valence-corrected chi connectivity index (χ0v) is 6.47. The van der Waals surface area contributed by atoms with Gasteiger partial charge in [0.2, 0.25) is 5.91 Å². The smallest absolute Gasteiger partial charge is 0.239 e. The largest absolute Gasteiger partial charge is 0.396 e. The fraction of sp³-hybridized carbons (Fsp3) is 0.500. The van der Waals surface area contributed by atoms with Crippen LogP contribution in [-0.2, 0) is 17.8 Å². The van der Waals surface area contributed by atoms with Gasteiger partial charge in [-0.05, 0) is 0 Å². The topological polar surface area (TPSA) is 94.0 Å². The number of amides is 1. The van der Waals surface area contributed by atoms with E-state index in [1.807, 2.05) is 0 Å². The molecule has 0 bridgehead atoms. The van der Waals surface area contributed by atoms with Crippen LogP contribution in [0.1, 0.15) is 5.69 Å². The van der Waals surface area contributed by atoms with E-state index in [1.165, 1.54) is 4.68 Å². The predicted octanol–water partition coefficient (Wildman–Crippen LogP) is -1.70. The minimum atomic E-state index is -0.463. The normalized spacial score (nSPS) is 10.1. The van der Waals surface area contributed by atoms with Crippen molar-refractivity contribution in [3.05, 3.63) is 11.9 Å². The Morgan fingerprint density at radius 1 is 1.75 bits per heavy atom. The van der Waals surface area contributed by atoms with Crippen molar-refractivity contribution in [2.75, 3.05) is 6.61 Å². The van der Waals surface area contributed by atoms with Crippen LogP contribution in [0.4, 0.5) is 0 Å². The maximum Gasteiger partial charge on any atom is 0.239 e. The van der Waals surface area contributed by atoms with E-state index in [0.717, 1.165) is 0 Å². The Morgan fingerprint density at radius 3 is 3.08 bits per heavy atom. The minimum Gasteiger partial charge on any atom is -0.396 e. The van der Waals surface area contributed by atoms with E-state index >= 15 is 0 Å². The molecular formula is C6H10N4O2. The van der Waals surface area contributed by atoms with Crippen LogP contribution in [-0.4, -0.2) is 32.6 Å². The minimum absolute atomic E-state index is 0.0231. The van der Waals surface area contributed by atoms with Crippen LogP contribution in [0.5, 0.6) is 0 Å². The Balaban J connectivity index is 2.58. The molecule has 12 heavy (non-hydrogen) atoms. The third-order valence-corrected chi connectivity index (χ3v) is 1.27. The number of rotatable bonds is 4. The van der Waals surface area contributed by atoms with E-state index in [2.05, 4.69) is 10.3 Å². The van der Waals surface area contributed by atoms with Crippen LogP contribution in [0.3, 0.4) is 0 Å². The molecule has 0 aliphatic carbocycles. The zero-order valence-electron chi connectivity index (χ0n) is 6.47. The van der Waals surface area contributed by atoms with Gasteiger partial charge in [-0.25, -0.2) is 4.68 Å². The number of aliphatic hydroxyl groups excluding tert-OH is 1. The molecule has 6 heteroatoms. The standard InChI is InChI=1S/C6H10N4O2/c7-6(12)4-10-3-5(1-2-11)8-9-10/h3,11H,1-2,4H2,(H2,7,12). The molecule has 0 spiro atoms. The van der Waals surface area contributed by atoms with Gasteiger partial charge >= 0.3 is 0 Å².